The first kappa shape index (κ1) is 17.6. The zero-order valence-electron chi connectivity index (χ0n) is 15.4. The van der Waals surface area contributed by atoms with Crippen LogP contribution in [0.5, 0.6) is 0 Å². The lowest BCUT2D eigenvalue weighted by Gasteiger charge is -2.08. The Bertz CT molecular complexity index is 1230. The van der Waals surface area contributed by atoms with Crippen LogP contribution in [-0.2, 0) is 11.2 Å². The van der Waals surface area contributed by atoms with Gasteiger partial charge in [0, 0.05) is 28.6 Å². The highest BCUT2D eigenvalue weighted by Crippen LogP contribution is 2.26. The van der Waals surface area contributed by atoms with Crippen molar-refractivity contribution in [2.45, 2.75) is 19.3 Å². The number of benzene rings is 2. The van der Waals surface area contributed by atoms with Crippen molar-refractivity contribution >= 4 is 39.7 Å². The molecule has 0 radical (unpaired) electrons. The van der Waals surface area contributed by atoms with Crippen LogP contribution in [0.1, 0.15) is 28.8 Å². The quantitative estimate of drug-likeness (QED) is 0.541. The SMILES string of the molecule is O=C1CCCc2cc(C(=O)Nc3nc4scc(-c5ccccc5)n4n3)ccc2N1. The topological polar surface area (TPSA) is 88.4 Å². The zero-order valence-corrected chi connectivity index (χ0v) is 16.2. The summed E-state index contributed by atoms with van der Waals surface area (Å²) < 4.78 is 1.74. The van der Waals surface area contributed by atoms with Gasteiger partial charge in [-0.05, 0) is 36.6 Å². The summed E-state index contributed by atoms with van der Waals surface area (Å²) in [7, 11) is 0. The van der Waals surface area contributed by atoms with Crippen molar-refractivity contribution in [2.24, 2.45) is 0 Å². The van der Waals surface area contributed by atoms with Crippen LogP contribution >= 0.6 is 11.3 Å². The van der Waals surface area contributed by atoms with Crippen LogP contribution in [0.3, 0.4) is 0 Å². The molecule has 5 rings (SSSR count). The van der Waals surface area contributed by atoms with Gasteiger partial charge in [0.2, 0.25) is 10.9 Å². The van der Waals surface area contributed by atoms with Crippen LogP contribution in [0.25, 0.3) is 16.2 Å². The molecule has 2 aromatic carbocycles. The molecule has 0 fully saturated rings. The molecule has 1 aliphatic heterocycles. The maximum absolute atomic E-state index is 12.7. The van der Waals surface area contributed by atoms with Gasteiger partial charge in [-0.1, -0.05) is 30.3 Å². The average molecular weight is 403 g/mol. The van der Waals surface area contributed by atoms with Crippen LogP contribution in [0.4, 0.5) is 11.6 Å². The number of aromatic nitrogens is 3. The van der Waals surface area contributed by atoms with E-state index in [0.29, 0.717) is 16.9 Å². The molecule has 8 heteroatoms. The van der Waals surface area contributed by atoms with Crippen molar-refractivity contribution in [3.05, 3.63) is 65.0 Å². The average Bonchev–Trinajstić information content (AvgIpc) is 3.23. The van der Waals surface area contributed by atoms with Crippen molar-refractivity contribution in [1.82, 2.24) is 14.6 Å². The molecule has 29 heavy (non-hydrogen) atoms. The van der Waals surface area contributed by atoms with Crippen molar-refractivity contribution in [1.29, 1.82) is 0 Å². The van der Waals surface area contributed by atoms with Crippen LogP contribution in [-0.4, -0.2) is 26.4 Å². The molecule has 0 unspecified atom stereocenters. The summed E-state index contributed by atoms with van der Waals surface area (Å²) in [4.78, 5) is 29.5. The minimum Gasteiger partial charge on any atom is -0.326 e. The molecule has 1 aliphatic rings. The Morgan fingerprint density at radius 3 is 2.86 bits per heavy atom. The normalized spacial score (nSPS) is 13.6. The number of hydrogen-bond donors (Lipinski definition) is 2. The number of thiazole rings is 1. The number of nitrogens with zero attached hydrogens (tertiary/aromatic N) is 3. The van der Waals surface area contributed by atoms with E-state index in [1.54, 1.807) is 16.6 Å². The molecule has 0 atom stereocenters. The van der Waals surface area contributed by atoms with Crippen LogP contribution in [0.15, 0.2) is 53.9 Å². The largest absolute Gasteiger partial charge is 0.326 e. The minimum absolute atomic E-state index is 0.0115. The second kappa shape index (κ2) is 7.14. The summed E-state index contributed by atoms with van der Waals surface area (Å²) >= 11 is 1.47. The molecule has 144 valence electrons. The van der Waals surface area contributed by atoms with Crippen LogP contribution < -0.4 is 10.6 Å². The summed E-state index contributed by atoms with van der Waals surface area (Å²) in [5.41, 5.74) is 4.22. The fourth-order valence-corrected chi connectivity index (χ4v) is 4.26. The lowest BCUT2D eigenvalue weighted by molar-refractivity contribution is -0.116. The van der Waals surface area contributed by atoms with Gasteiger partial charge in [0.1, 0.15) is 0 Å². The standard InChI is InChI=1S/C21H17N5O2S/c27-18-8-4-7-14-11-15(9-10-16(14)22-18)19(28)23-20-24-21-26(25-20)17(12-29-21)13-5-2-1-3-6-13/h1-3,5-6,9-12H,4,7-8H2,(H,22,27)(H,23,25,28). The van der Waals surface area contributed by atoms with Crippen molar-refractivity contribution in [3.8, 4) is 11.3 Å². The van der Waals surface area contributed by atoms with Gasteiger partial charge in [0.25, 0.3) is 11.9 Å². The first-order chi connectivity index (χ1) is 14.2. The maximum Gasteiger partial charge on any atom is 0.258 e. The third kappa shape index (κ3) is 3.38. The lowest BCUT2D eigenvalue weighted by Crippen LogP contribution is -2.14. The highest BCUT2D eigenvalue weighted by molar-refractivity contribution is 7.15. The highest BCUT2D eigenvalue weighted by atomic mass is 32.1. The van der Waals surface area contributed by atoms with Crippen molar-refractivity contribution in [3.63, 3.8) is 0 Å². The zero-order chi connectivity index (χ0) is 19.8. The van der Waals surface area contributed by atoms with Gasteiger partial charge in [-0.3, -0.25) is 14.9 Å². The number of carbonyl (C=O) groups excluding carboxylic acids is 2. The van der Waals surface area contributed by atoms with E-state index in [0.717, 1.165) is 35.3 Å². The molecule has 7 nitrogen and oxygen atoms in total. The molecule has 2 amide bonds. The summed E-state index contributed by atoms with van der Waals surface area (Å²) in [6, 6.07) is 15.2. The predicted octanol–water partition coefficient (Wildman–Crippen LogP) is 3.98. The Morgan fingerprint density at radius 2 is 2.00 bits per heavy atom. The Morgan fingerprint density at radius 1 is 1.14 bits per heavy atom. The molecular formula is C21H17N5O2S. The van der Waals surface area contributed by atoms with Crippen LogP contribution in [0, 0.1) is 0 Å². The summed E-state index contributed by atoms with van der Waals surface area (Å²) in [5, 5.41) is 12.1. The number of carbonyl (C=O) groups is 2. The fourth-order valence-electron chi connectivity index (χ4n) is 3.43. The number of amides is 2. The maximum atomic E-state index is 12.7. The molecule has 2 aromatic heterocycles. The molecule has 0 bridgehead atoms. The molecule has 0 spiro atoms. The van der Waals surface area contributed by atoms with E-state index < -0.39 is 0 Å². The monoisotopic (exact) mass is 403 g/mol. The van der Waals surface area contributed by atoms with E-state index in [1.165, 1.54) is 11.3 Å². The first-order valence-electron chi connectivity index (χ1n) is 9.31. The fraction of sp³-hybridized carbons (Fsp3) is 0.143. The number of rotatable bonds is 3. The smallest absolute Gasteiger partial charge is 0.258 e. The molecule has 0 aliphatic carbocycles. The Balaban J connectivity index is 1.40. The van der Waals surface area contributed by atoms with Crippen molar-refractivity contribution < 1.29 is 9.59 Å². The molecule has 3 heterocycles. The summed E-state index contributed by atoms with van der Waals surface area (Å²) in [6.45, 7) is 0. The number of nitrogens with one attached hydrogen (secondary N) is 2. The number of aryl methyl sites for hydroxylation is 1. The van der Waals surface area contributed by atoms with Gasteiger partial charge in [-0.25, -0.2) is 4.52 Å². The van der Waals surface area contributed by atoms with Gasteiger partial charge in [0.05, 0.1) is 5.69 Å². The lowest BCUT2D eigenvalue weighted by atomic mass is 10.0. The van der Waals surface area contributed by atoms with E-state index in [-0.39, 0.29) is 17.8 Å². The molecule has 4 aromatic rings. The van der Waals surface area contributed by atoms with E-state index in [2.05, 4.69) is 20.7 Å². The molecule has 0 saturated carbocycles. The molecular weight excluding hydrogens is 386 g/mol. The first-order valence-corrected chi connectivity index (χ1v) is 10.2. The Hall–Kier alpha value is -3.52. The van der Waals surface area contributed by atoms with Gasteiger partial charge in [0.15, 0.2) is 0 Å². The third-order valence-electron chi connectivity index (χ3n) is 4.87. The van der Waals surface area contributed by atoms with Gasteiger partial charge < -0.3 is 5.32 Å². The minimum atomic E-state index is -0.275. The molecule has 2 N–H and O–H groups in total. The Kier molecular flexibility index (Phi) is 4.33. The number of fused-ring (bicyclic) bond motifs is 2. The summed E-state index contributed by atoms with van der Waals surface area (Å²) in [6.07, 6.45) is 2.02. The van der Waals surface area contributed by atoms with Gasteiger partial charge >= 0.3 is 0 Å². The van der Waals surface area contributed by atoms with E-state index in [4.69, 9.17) is 0 Å². The van der Waals surface area contributed by atoms with E-state index >= 15 is 0 Å². The van der Waals surface area contributed by atoms with E-state index in [1.807, 2.05) is 41.8 Å². The Labute approximate surface area is 170 Å². The summed E-state index contributed by atoms with van der Waals surface area (Å²) in [5.74, 6) is 0.00242. The van der Waals surface area contributed by atoms with Crippen LogP contribution in [0.2, 0.25) is 0 Å². The number of hydrogen-bond acceptors (Lipinski definition) is 5. The third-order valence-corrected chi connectivity index (χ3v) is 5.68. The second-order valence-electron chi connectivity index (χ2n) is 6.84. The van der Waals surface area contributed by atoms with Crippen molar-refractivity contribution in [2.75, 3.05) is 10.6 Å². The van der Waals surface area contributed by atoms with Gasteiger partial charge in [-0.15, -0.1) is 16.4 Å². The van der Waals surface area contributed by atoms with E-state index in [9.17, 15) is 9.59 Å². The highest BCUT2D eigenvalue weighted by Gasteiger charge is 2.17. The van der Waals surface area contributed by atoms with Gasteiger partial charge in [-0.2, -0.15) is 4.98 Å². The second-order valence-corrected chi connectivity index (χ2v) is 7.68. The molecule has 0 saturated heterocycles. The number of anilines is 2. The predicted molar refractivity (Wildman–Crippen MR) is 112 cm³/mol.